The Morgan fingerprint density at radius 1 is 0.636 bits per heavy atom. The van der Waals surface area contributed by atoms with Crippen molar-refractivity contribution < 1.29 is 9.59 Å². The van der Waals surface area contributed by atoms with Gasteiger partial charge in [0.25, 0.3) is 11.8 Å². The lowest BCUT2D eigenvalue weighted by Gasteiger charge is -2.09. The summed E-state index contributed by atoms with van der Waals surface area (Å²) < 4.78 is 0. The third-order valence-corrected chi connectivity index (χ3v) is 4.36. The van der Waals surface area contributed by atoms with Crippen LogP contribution < -0.4 is 9.80 Å². The number of anilines is 2. The minimum atomic E-state index is -0.130. The normalized spacial score (nSPS) is 19.7. The maximum Gasteiger partial charge on any atom is 0.259 e. The first-order valence-corrected chi connectivity index (χ1v) is 7.10. The van der Waals surface area contributed by atoms with Crippen LogP contribution in [0.3, 0.4) is 0 Å². The van der Waals surface area contributed by atoms with Gasteiger partial charge in [-0.2, -0.15) is 0 Å². The van der Waals surface area contributed by atoms with Crippen LogP contribution in [-0.2, 0) is 9.59 Å². The summed E-state index contributed by atoms with van der Waals surface area (Å²) >= 11 is 0. The van der Waals surface area contributed by atoms with Crippen molar-refractivity contribution in [3.05, 3.63) is 59.7 Å². The number of fused-ring (bicyclic) bond motifs is 2. The second-order valence-corrected chi connectivity index (χ2v) is 5.51. The number of carbonyl (C=O) groups excluding carboxylic acids is 2. The van der Waals surface area contributed by atoms with Gasteiger partial charge >= 0.3 is 0 Å². The number of amides is 2. The van der Waals surface area contributed by atoms with Crippen LogP contribution in [0.25, 0.3) is 11.1 Å². The standard InChI is InChI=1S/C18H14N2O2/c1-19-13-9-5-3-7-11(13)15(17(19)21)16-12-8-4-6-10-14(12)20(2)18(16)22/h3-10H,1-2H3/b16-15+. The molecule has 108 valence electrons. The fourth-order valence-corrected chi connectivity index (χ4v) is 3.22. The van der Waals surface area contributed by atoms with Gasteiger partial charge in [-0.25, -0.2) is 0 Å². The minimum absolute atomic E-state index is 0.130. The SMILES string of the molecule is CN1C(=O)/C(=C2/C(=O)N(C)c3ccccc32)c2ccccc21. The van der Waals surface area contributed by atoms with E-state index in [0.717, 1.165) is 22.5 Å². The van der Waals surface area contributed by atoms with Crippen molar-refractivity contribution in [2.45, 2.75) is 0 Å². The minimum Gasteiger partial charge on any atom is -0.311 e. The molecule has 0 saturated heterocycles. The van der Waals surface area contributed by atoms with Gasteiger partial charge in [0.05, 0.1) is 22.5 Å². The third-order valence-electron chi connectivity index (χ3n) is 4.36. The van der Waals surface area contributed by atoms with Crippen molar-refractivity contribution in [1.29, 1.82) is 0 Å². The first kappa shape index (κ1) is 12.8. The summed E-state index contributed by atoms with van der Waals surface area (Å²) in [5, 5.41) is 0. The van der Waals surface area contributed by atoms with E-state index in [1.54, 1.807) is 23.9 Å². The van der Waals surface area contributed by atoms with E-state index < -0.39 is 0 Å². The van der Waals surface area contributed by atoms with Crippen molar-refractivity contribution in [3.8, 4) is 0 Å². The van der Waals surface area contributed by atoms with Crippen LogP contribution in [0.15, 0.2) is 48.5 Å². The maximum absolute atomic E-state index is 12.7. The molecule has 2 aliphatic rings. The smallest absolute Gasteiger partial charge is 0.259 e. The summed E-state index contributed by atoms with van der Waals surface area (Å²) in [6, 6.07) is 15.2. The Labute approximate surface area is 128 Å². The second-order valence-electron chi connectivity index (χ2n) is 5.51. The molecule has 0 spiro atoms. The first-order valence-electron chi connectivity index (χ1n) is 7.10. The number of rotatable bonds is 0. The van der Waals surface area contributed by atoms with Gasteiger partial charge in [0.2, 0.25) is 0 Å². The van der Waals surface area contributed by atoms with Gasteiger partial charge < -0.3 is 9.80 Å². The molecule has 2 aromatic rings. The molecule has 0 bridgehead atoms. The number of hydrogen-bond donors (Lipinski definition) is 0. The molecule has 4 nitrogen and oxygen atoms in total. The van der Waals surface area contributed by atoms with E-state index in [-0.39, 0.29) is 11.8 Å². The van der Waals surface area contributed by atoms with Gasteiger partial charge in [-0.3, -0.25) is 9.59 Å². The predicted molar refractivity (Wildman–Crippen MR) is 86.5 cm³/mol. The highest BCUT2D eigenvalue weighted by Gasteiger charge is 2.39. The number of likely N-dealkylation sites (N-methyl/N-ethyl adjacent to an activating group) is 2. The van der Waals surface area contributed by atoms with Crippen molar-refractivity contribution in [3.63, 3.8) is 0 Å². The van der Waals surface area contributed by atoms with E-state index in [2.05, 4.69) is 0 Å². The summed E-state index contributed by atoms with van der Waals surface area (Å²) in [7, 11) is 3.48. The predicted octanol–water partition coefficient (Wildman–Crippen LogP) is 2.55. The fraction of sp³-hybridized carbons (Fsp3) is 0.111. The Kier molecular flexibility index (Phi) is 2.51. The molecule has 0 atom stereocenters. The molecule has 0 aromatic heterocycles. The topological polar surface area (TPSA) is 40.6 Å². The molecule has 4 rings (SSSR count). The molecular formula is C18H14N2O2. The molecule has 2 aliphatic heterocycles. The lowest BCUT2D eigenvalue weighted by molar-refractivity contribution is -0.114. The molecule has 0 N–H and O–H groups in total. The molecule has 2 heterocycles. The number of nitrogens with zero attached hydrogens (tertiary/aromatic N) is 2. The molecule has 22 heavy (non-hydrogen) atoms. The quantitative estimate of drug-likeness (QED) is 0.700. The van der Waals surface area contributed by atoms with Crippen LogP contribution in [-0.4, -0.2) is 25.9 Å². The largest absolute Gasteiger partial charge is 0.311 e. The maximum atomic E-state index is 12.7. The average molecular weight is 290 g/mol. The number of benzene rings is 2. The second kappa shape index (κ2) is 4.31. The summed E-state index contributed by atoms with van der Waals surface area (Å²) in [6.45, 7) is 0. The summed E-state index contributed by atoms with van der Waals surface area (Å²) in [4.78, 5) is 28.6. The van der Waals surface area contributed by atoms with Gasteiger partial charge in [-0.05, 0) is 12.1 Å². The summed E-state index contributed by atoms with van der Waals surface area (Å²) in [5.41, 5.74) is 4.33. The van der Waals surface area contributed by atoms with Crippen molar-refractivity contribution >= 4 is 34.3 Å². The van der Waals surface area contributed by atoms with Crippen molar-refractivity contribution in [2.75, 3.05) is 23.9 Å². The Bertz CT molecular complexity index is 795. The van der Waals surface area contributed by atoms with Crippen LogP contribution in [0, 0.1) is 0 Å². The molecule has 2 amide bonds. The third kappa shape index (κ3) is 1.46. The molecule has 0 aliphatic carbocycles. The molecule has 0 unspecified atom stereocenters. The Morgan fingerprint density at radius 2 is 1.00 bits per heavy atom. The highest BCUT2D eigenvalue weighted by molar-refractivity contribution is 6.49. The number of hydrogen-bond acceptors (Lipinski definition) is 2. The zero-order valence-electron chi connectivity index (χ0n) is 12.3. The first-order chi connectivity index (χ1) is 10.6. The van der Waals surface area contributed by atoms with Crippen LogP contribution in [0.1, 0.15) is 11.1 Å². The van der Waals surface area contributed by atoms with E-state index in [0.29, 0.717) is 11.1 Å². The van der Waals surface area contributed by atoms with Crippen LogP contribution in [0.4, 0.5) is 11.4 Å². The number of para-hydroxylation sites is 2. The van der Waals surface area contributed by atoms with E-state index in [4.69, 9.17) is 0 Å². The average Bonchev–Trinajstić information content (AvgIpc) is 2.94. The lowest BCUT2D eigenvalue weighted by atomic mass is 9.96. The van der Waals surface area contributed by atoms with Gasteiger partial charge in [0, 0.05) is 25.2 Å². The number of carbonyl (C=O) groups is 2. The lowest BCUT2D eigenvalue weighted by Crippen LogP contribution is -2.24. The Balaban J connectivity index is 2.07. The molecule has 0 fully saturated rings. The molecular weight excluding hydrogens is 276 g/mol. The highest BCUT2D eigenvalue weighted by atomic mass is 16.2. The van der Waals surface area contributed by atoms with Crippen molar-refractivity contribution in [1.82, 2.24) is 0 Å². The van der Waals surface area contributed by atoms with Crippen molar-refractivity contribution in [2.24, 2.45) is 0 Å². The highest BCUT2D eigenvalue weighted by Crippen LogP contribution is 2.45. The Morgan fingerprint density at radius 3 is 1.41 bits per heavy atom. The van der Waals surface area contributed by atoms with Gasteiger partial charge in [-0.1, -0.05) is 36.4 Å². The van der Waals surface area contributed by atoms with Gasteiger partial charge in [0.1, 0.15) is 0 Å². The zero-order chi connectivity index (χ0) is 15.4. The van der Waals surface area contributed by atoms with E-state index in [1.807, 2.05) is 48.5 Å². The van der Waals surface area contributed by atoms with Gasteiger partial charge in [0.15, 0.2) is 0 Å². The van der Waals surface area contributed by atoms with Crippen LogP contribution >= 0.6 is 0 Å². The van der Waals surface area contributed by atoms with E-state index in [9.17, 15) is 9.59 Å². The zero-order valence-corrected chi connectivity index (χ0v) is 12.3. The molecule has 0 saturated carbocycles. The van der Waals surface area contributed by atoms with E-state index in [1.165, 1.54) is 0 Å². The fourth-order valence-electron chi connectivity index (χ4n) is 3.22. The van der Waals surface area contributed by atoms with Crippen LogP contribution in [0.2, 0.25) is 0 Å². The Hall–Kier alpha value is -2.88. The summed E-state index contributed by atoms with van der Waals surface area (Å²) in [6.07, 6.45) is 0. The van der Waals surface area contributed by atoms with Gasteiger partial charge in [-0.15, -0.1) is 0 Å². The molecule has 4 heteroatoms. The molecule has 0 radical (unpaired) electrons. The van der Waals surface area contributed by atoms with Crippen LogP contribution in [0.5, 0.6) is 0 Å². The summed E-state index contributed by atoms with van der Waals surface area (Å²) in [5.74, 6) is -0.260. The molecule has 2 aromatic carbocycles. The monoisotopic (exact) mass is 290 g/mol. The van der Waals surface area contributed by atoms with E-state index >= 15 is 0 Å².